The maximum absolute atomic E-state index is 4.61. The zero-order valence-electron chi connectivity index (χ0n) is 12.4. The van der Waals surface area contributed by atoms with Gasteiger partial charge in [0, 0.05) is 31.6 Å². The molecule has 3 rings (SSSR count). The van der Waals surface area contributed by atoms with E-state index in [9.17, 15) is 0 Å². The molecule has 5 nitrogen and oxygen atoms in total. The standard InChI is InChI=1S/C16H21N5/c1-2-7-17-8-6-14-10-20(13-18-14)11-15-12-21-9-4-3-5-16(21)19-15/h3-5,9-10,12-13,17H,2,6-8,11H2,1H3. The van der Waals surface area contributed by atoms with Gasteiger partial charge in [-0.2, -0.15) is 0 Å². The van der Waals surface area contributed by atoms with Crippen LogP contribution in [0.1, 0.15) is 24.7 Å². The summed E-state index contributed by atoms with van der Waals surface area (Å²) >= 11 is 0. The lowest BCUT2D eigenvalue weighted by Gasteiger charge is -2.00. The molecule has 1 N–H and O–H groups in total. The first-order valence-corrected chi connectivity index (χ1v) is 7.49. The topological polar surface area (TPSA) is 47.2 Å². The van der Waals surface area contributed by atoms with Gasteiger partial charge in [-0.3, -0.25) is 0 Å². The largest absolute Gasteiger partial charge is 0.331 e. The van der Waals surface area contributed by atoms with Crippen LogP contribution in [0.15, 0.2) is 43.1 Å². The van der Waals surface area contributed by atoms with E-state index in [4.69, 9.17) is 0 Å². The van der Waals surface area contributed by atoms with E-state index >= 15 is 0 Å². The maximum Gasteiger partial charge on any atom is 0.137 e. The Balaban J connectivity index is 1.61. The first-order valence-electron chi connectivity index (χ1n) is 7.49. The number of imidazole rings is 2. The number of pyridine rings is 1. The van der Waals surface area contributed by atoms with Gasteiger partial charge in [0.1, 0.15) is 5.65 Å². The average Bonchev–Trinajstić information content (AvgIpc) is 3.10. The van der Waals surface area contributed by atoms with Gasteiger partial charge in [-0.15, -0.1) is 0 Å². The summed E-state index contributed by atoms with van der Waals surface area (Å²) in [5.74, 6) is 0. The van der Waals surface area contributed by atoms with Crippen LogP contribution in [0.2, 0.25) is 0 Å². The molecule has 3 aromatic heterocycles. The molecule has 3 heterocycles. The van der Waals surface area contributed by atoms with E-state index in [0.717, 1.165) is 43.1 Å². The molecule has 0 aliphatic heterocycles. The summed E-state index contributed by atoms with van der Waals surface area (Å²) in [6.07, 6.45) is 10.2. The van der Waals surface area contributed by atoms with Crippen LogP contribution in [0.3, 0.4) is 0 Å². The van der Waals surface area contributed by atoms with E-state index in [1.807, 2.05) is 35.1 Å². The van der Waals surface area contributed by atoms with E-state index in [1.165, 1.54) is 6.42 Å². The van der Waals surface area contributed by atoms with Crippen molar-refractivity contribution in [2.45, 2.75) is 26.3 Å². The fraction of sp³-hybridized carbons (Fsp3) is 0.375. The molecule has 5 heteroatoms. The molecule has 0 amide bonds. The molecule has 110 valence electrons. The van der Waals surface area contributed by atoms with E-state index in [2.05, 4.69) is 39.2 Å². The van der Waals surface area contributed by atoms with Crippen molar-refractivity contribution in [3.8, 4) is 0 Å². The van der Waals surface area contributed by atoms with E-state index in [1.54, 1.807) is 0 Å². The highest BCUT2D eigenvalue weighted by molar-refractivity contribution is 5.39. The zero-order chi connectivity index (χ0) is 14.5. The Hall–Kier alpha value is -2.14. The number of rotatable bonds is 7. The Kier molecular flexibility index (Phi) is 4.31. The number of nitrogens with zero attached hydrogens (tertiary/aromatic N) is 4. The van der Waals surface area contributed by atoms with Gasteiger partial charge in [0.25, 0.3) is 0 Å². The molecule has 0 radical (unpaired) electrons. The highest BCUT2D eigenvalue weighted by atomic mass is 15.1. The minimum atomic E-state index is 0.761. The first-order chi connectivity index (χ1) is 10.3. The lowest BCUT2D eigenvalue weighted by molar-refractivity contribution is 0.666. The van der Waals surface area contributed by atoms with Crippen LogP contribution in [0.5, 0.6) is 0 Å². The molecule has 0 saturated heterocycles. The van der Waals surface area contributed by atoms with Crippen LogP contribution in [0.4, 0.5) is 0 Å². The molecule has 0 aliphatic rings. The number of hydrogen-bond donors (Lipinski definition) is 1. The molecule has 0 aliphatic carbocycles. The predicted molar refractivity (Wildman–Crippen MR) is 83.4 cm³/mol. The predicted octanol–water partition coefficient (Wildman–Crippen LogP) is 2.12. The quantitative estimate of drug-likeness (QED) is 0.676. The highest BCUT2D eigenvalue weighted by Gasteiger charge is 2.03. The summed E-state index contributed by atoms with van der Waals surface area (Å²) in [5, 5.41) is 3.40. The molecular weight excluding hydrogens is 262 g/mol. The van der Waals surface area contributed by atoms with Gasteiger partial charge in [0.05, 0.1) is 24.3 Å². The molecule has 0 aromatic carbocycles. The first kappa shape index (κ1) is 13.8. The smallest absolute Gasteiger partial charge is 0.137 e. The molecule has 0 bridgehead atoms. The summed E-state index contributed by atoms with van der Waals surface area (Å²) < 4.78 is 4.14. The van der Waals surface area contributed by atoms with Crippen LogP contribution in [-0.2, 0) is 13.0 Å². The monoisotopic (exact) mass is 283 g/mol. The summed E-state index contributed by atoms with van der Waals surface area (Å²) in [5.41, 5.74) is 3.16. The second-order valence-electron chi connectivity index (χ2n) is 5.24. The van der Waals surface area contributed by atoms with Gasteiger partial charge in [-0.1, -0.05) is 13.0 Å². The van der Waals surface area contributed by atoms with E-state index < -0.39 is 0 Å². The molecular formula is C16H21N5. The van der Waals surface area contributed by atoms with Crippen molar-refractivity contribution < 1.29 is 0 Å². The van der Waals surface area contributed by atoms with Crippen LogP contribution in [-0.4, -0.2) is 32.0 Å². The van der Waals surface area contributed by atoms with Gasteiger partial charge in [0.2, 0.25) is 0 Å². The maximum atomic E-state index is 4.61. The third-order valence-electron chi connectivity index (χ3n) is 3.43. The fourth-order valence-corrected chi connectivity index (χ4v) is 2.39. The van der Waals surface area contributed by atoms with Gasteiger partial charge in [-0.25, -0.2) is 9.97 Å². The molecule has 0 fully saturated rings. The summed E-state index contributed by atoms with van der Waals surface area (Å²) in [6.45, 7) is 4.99. The van der Waals surface area contributed by atoms with Gasteiger partial charge in [0.15, 0.2) is 0 Å². The number of fused-ring (bicyclic) bond motifs is 1. The van der Waals surface area contributed by atoms with Crippen molar-refractivity contribution in [3.05, 3.63) is 54.5 Å². The van der Waals surface area contributed by atoms with Crippen LogP contribution in [0.25, 0.3) is 5.65 Å². The molecule has 21 heavy (non-hydrogen) atoms. The minimum absolute atomic E-state index is 0.761. The molecule has 0 saturated carbocycles. The van der Waals surface area contributed by atoms with Gasteiger partial charge < -0.3 is 14.3 Å². The lowest BCUT2D eigenvalue weighted by atomic mass is 10.3. The number of hydrogen-bond acceptors (Lipinski definition) is 3. The van der Waals surface area contributed by atoms with E-state index in [-0.39, 0.29) is 0 Å². The third-order valence-corrected chi connectivity index (χ3v) is 3.43. The molecule has 0 atom stereocenters. The Labute approximate surface area is 124 Å². The van der Waals surface area contributed by atoms with Gasteiger partial charge in [-0.05, 0) is 25.1 Å². The van der Waals surface area contributed by atoms with Gasteiger partial charge >= 0.3 is 0 Å². The number of aromatic nitrogens is 4. The fourth-order valence-electron chi connectivity index (χ4n) is 2.39. The Morgan fingerprint density at radius 1 is 1.14 bits per heavy atom. The van der Waals surface area contributed by atoms with Crippen molar-refractivity contribution in [1.82, 2.24) is 24.3 Å². The molecule has 0 unspecified atom stereocenters. The van der Waals surface area contributed by atoms with Crippen molar-refractivity contribution in [2.75, 3.05) is 13.1 Å². The zero-order valence-corrected chi connectivity index (χ0v) is 12.4. The molecule has 0 spiro atoms. The summed E-state index contributed by atoms with van der Waals surface area (Å²) in [4.78, 5) is 9.06. The van der Waals surface area contributed by atoms with Crippen molar-refractivity contribution in [1.29, 1.82) is 0 Å². The average molecular weight is 283 g/mol. The third kappa shape index (κ3) is 3.49. The second-order valence-corrected chi connectivity index (χ2v) is 5.24. The molecule has 3 aromatic rings. The summed E-state index contributed by atoms with van der Waals surface area (Å²) in [7, 11) is 0. The van der Waals surface area contributed by atoms with Crippen molar-refractivity contribution in [2.24, 2.45) is 0 Å². The normalized spacial score (nSPS) is 11.3. The Bertz CT molecular complexity index is 664. The lowest BCUT2D eigenvalue weighted by Crippen LogP contribution is -2.17. The van der Waals surface area contributed by atoms with Crippen LogP contribution in [0, 0.1) is 0 Å². The van der Waals surface area contributed by atoms with Crippen LogP contribution >= 0.6 is 0 Å². The minimum Gasteiger partial charge on any atom is -0.331 e. The van der Waals surface area contributed by atoms with Crippen molar-refractivity contribution in [3.63, 3.8) is 0 Å². The Morgan fingerprint density at radius 2 is 2.10 bits per heavy atom. The van der Waals surface area contributed by atoms with Crippen molar-refractivity contribution >= 4 is 5.65 Å². The van der Waals surface area contributed by atoms with Crippen LogP contribution < -0.4 is 5.32 Å². The number of nitrogens with one attached hydrogen (secondary N) is 1. The highest BCUT2D eigenvalue weighted by Crippen LogP contribution is 2.07. The Morgan fingerprint density at radius 3 is 2.95 bits per heavy atom. The summed E-state index contributed by atoms with van der Waals surface area (Å²) in [6, 6.07) is 6.03. The SMILES string of the molecule is CCCNCCc1cn(Cc2cn3ccccc3n2)cn1. The van der Waals surface area contributed by atoms with E-state index in [0.29, 0.717) is 0 Å². The second kappa shape index (κ2) is 6.54.